The highest BCUT2D eigenvalue weighted by Crippen LogP contribution is 2.31. The van der Waals surface area contributed by atoms with Crippen molar-refractivity contribution >= 4 is 23.4 Å². The van der Waals surface area contributed by atoms with Gasteiger partial charge in [0.15, 0.2) is 6.61 Å². The van der Waals surface area contributed by atoms with Gasteiger partial charge in [-0.25, -0.2) is 0 Å². The Balaban J connectivity index is 1.68. The summed E-state index contributed by atoms with van der Waals surface area (Å²) in [6.45, 7) is 1.68. The lowest BCUT2D eigenvalue weighted by atomic mass is 10.1. The van der Waals surface area contributed by atoms with Crippen molar-refractivity contribution < 1.29 is 14.1 Å². The number of hydrogen-bond donors (Lipinski definition) is 1. The molecule has 0 unspecified atom stereocenters. The fraction of sp³-hybridized carbons (Fsp3) is 0.111. The van der Waals surface area contributed by atoms with Gasteiger partial charge in [0.05, 0.1) is 11.3 Å². The number of carbonyl (C=O) groups excluding carboxylic acids is 1. The summed E-state index contributed by atoms with van der Waals surface area (Å²) in [5.74, 6) is 0.535. The van der Waals surface area contributed by atoms with Crippen LogP contribution >= 0.6 is 11.6 Å². The molecule has 3 aromatic rings. The highest BCUT2D eigenvalue weighted by molar-refractivity contribution is 6.30. The van der Waals surface area contributed by atoms with E-state index < -0.39 is 0 Å². The van der Waals surface area contributed by atoms with Gasteiger partial charge in [0, 0.05) is 5.02 Å². The zero-order valence-electron chi connectivity index (χ0n) is 13.0. The molecule has 0 atom stereocenters. The largest absolute Gasteiger partial charge is 0.484 e. The summed E-state index contributed by atoms with van der Waals surface area (Å²) in [4.78, 5) is 12.1. The molecule has 5 nitrogen and oxygen atoms in total. The van der Waals surface area contributed by atoms with Crippen molar-refractivity contribution in [3.05, 3.63) is 65.3 Å². The molecule has 0 bridgehead atoms. The van der Waals surface area contributed by atoms with Crippen LogP contribution in [0.4, 0.5) is 5.88 Å². The Morgan fingerprint density at radius 3 is 2.58 bits per heavy atom. The van der Waals surface area contributed by atoms with Crippen molar-refractivity contribution in [3.8, 4) is 16.9 Å². The predicted molar refractivity (Wildman–Crippen MR) is 92.3 cm³/mol. The zero-order valence-corrected chi connectivity index (χ0v) is 13.7. The lowest BCUT2D eigenvalue weighted by Crippen LogP contribution is -2.20. The fourth-order valence-corrected chi connectivity index (χ4v) is 2.37. The second-order valence-electron chi connectivity index (χ2n) is 5.13. The first-order valence-corrected chi connectivity index (χ1v) is 7.71. The molecular formula is C18H15ClN2O3. The van der Waals surface area contributed by atoms with Crippen LogP contribution in [-0.4, -0.2) is 17.7 Å². The second-order valence-corrected chi connectivity index (χ2v) is 5.57. The number of aromatic nitrogens is 1. The number of halogens is 1. The first-order valence-electron chi connectivity index (χ1n) is 7.33. The van der Waals surface area contributed by atoms with Gasteiger partial charge < -0.3 is 9.26 Å². The van der Waals surface area contributed by atoms with E-state index in [1.165, 1.54) is 0 Å². The first kappa shape index (κ1) is 16.1. The normalized spacial score (nSPS) is 10.4. The van der Waals surface area contributed by atoms with Crippen molar-refractivity contribution in [1.29, 1.82) is 0 Å². The first-order chi connectivity index (χ1) is 11.6. The average Bonchev–Trinajstić information content (AvgIpc) is 2.95. The Kier molecular flexibility index (Phi) is 4.82. The third-order valence-corrected chi connectivity index (χ3v) is 3.61. The number of nitrogens with one attached hydrogen (secondary N) is 1. The van der Waals surface area contributed by atoms with Gasteiger partial charge >= 0.3 is 0 Å². The SMILES string of the molecule is Cc1noc(NC(=O)COc2ccc(Cl)cc2)c1-c1ccccc1. The minimum atomic E-state index is -0.335. The van der Waals surface area contributed by atoms with Crippen LogP contribution in [-0.2, 0) is 4.79 Å². The topological polar surface area (TPSA) is 64.4 Å². The minimum absolute atomic E-state index is 0.143. The highest BCUT2D eigenvalue weighted by atomic mass is 35.5. The van der Waals surface area contributed by atoms with Gasteiger partial charge in [0.2, 0.25) is 5.88 Å². The smallest absolute Gasteiger partial charge is 0.264 e. The Morgan fingerprint density at radius 1 is 1.17 bits per heavy atom. The number of nitrogens with zero attached hydrogens (tertiary/aromatic N) is 1. The van der Waals surface area contributed by atoms with E-state index in [4.69, 9.17) is 20.9 Å². The third-order valence-electron chi connectivity index (χ3n) is 3.36. The Bertz CT molecular complexity index is 829. The van der Waals surface area contributed by atoms with Gasteiger partial charge in [0.1, 0.15) is 5.75 Å². The van der Waals surface area contributed by atoms with Crippen LogP contribution in [0.3, 0.4) is 0 Å². The molecule has 0 saturated heterocycles. The molecule has 0 radical (unpaired) electrons. The average molecular weight is 343 g/mol. The van der Waals surface area contributed by atoms with Crippen LogP contribution in [0.1, 0.15) is 5.69 Å². The standard InChI is InChI=1S/C18H15ClN2O3/c1-12-17(13-5-3-2-4-6-13)18(24-21-12)20-16(22)11-23-15-9-7-14(19)8-10-15/h2-10H,11H2,1H3,(H,20,22). The van der Waals surface area contributed by atoms with Crippen LogP contribution in [0, 0.1) is 6.92 Å². The molecule has 0 aliphatic carbocycles. The quantitative estimate of drug-likeness (QED) is 0.750. The number of ether oxygens (including phenoxy) is 1. The monoisotopic (exact) mass is 342 g/mol. The molecule has 6 heteroatoms. The number of hydrogen-bond acceptors (Lipinski definition) is 4. The number of carbonyl (C=O) groups is 1. The molecule has 1 heterocycles. The maximum Gasteiger partial charge on any atom is 0.264 e. The van der Waals surface area contributed by atoms with Gasteiger partial charge in [-0.2, -0.15) is 0 Å². The summed E-state index contributed by atoms with van der Waals surface area (Å²) in [6, 6.07) is 16.4. The maximum absolute atomic E-state index is 12.1. The number of amides is 1. The molecule has 122 valence electrons. The summed E-state index contributed by atoms with van der Waals surface area (Å²) < 4.78 is 10.6. The summed E-state index contributed by atoms with van der Waals surface area (Å²) in [6.07, 6.45) is 0. The maximum atomic E-state index is 12.1. The van der Waals surface area contributed by atoms with Crippen LogP contribution in [0.5, 0.6) is 5.75 Å². The summed E-state index contributed by atoms with van der Waals surface area (Å²) in [5, 5.41) is 7.23. The highest BCUT2D eigenvalue weighted by Gasteiger charge is 2.17. The van der Waals surface area contributed by atoms with Crippen molar-refractivity contribution in [2.24, 2.45) is 0 Å². The molecule has 0 fully saturated rings. The molecule has 0 spiro atoms. The van der Waals surface area contributed by atoms with E-state index in [0.717, 1.165) is 11.1 Å². The molecule has 1 N–H and O–H groups in total. The number of benzene rings is 2. The predicted octanol–water partition coefficient (Wildman–Crippen LogP) is 4.32. The molecule has 1 amide bonds. The van der Waals surface area contributed by atoms with Crippen LogP contribution < -0.4 is 10.1 Å². The Morgan fingerprint density at radius 2 is 1.88 bits per heavy atom. The zero-order chi connectivity index (χ0) is 16.9. The van der Waals surface area contributed by atoms with Crippen molar-refractivity contribution in [2.75, 3.05) is 11.9 Å². The van der Waals surface area contributed by atoms with Gasteiger partial charge in [-0.15, -0.1) is 0 Å². The Labute approximate surface area is 144 Å². The molecule has 0 aliphatic rings. The van der Waals surface area contributed by atoms with Crippen molar-refractivity contribution in [2.45, 2.75) is 6.92 Å². The van der Waals surface area contributed by atoms with Crippen molar-refractivity contribution in [3.63, 3.8) is 0 Å². The van der Waals surface area contributed by atoms with E-state index in [-0.39, 0.29) is 12.5 Å². The Hall–Kier alpha value is -2.79. The van der Waals surface area contributed by atoms with Crippen LogP contribution in [0.25, 0.3) is 11.1 Å². The lowest BCUT2D eigenvalue weighted by Gasteiger charge is -2.07. The van der Waals surface area contributed by atoms with E-state index in [1.54, 1.807) is 24.3 Å². The fourth-order valence-electron chi connectivity index (χ4n) is 2.24. The molecule has 24 heavy (non-hydrogen) atoms. The van der Waals surface area contributed by atoms with Gasteiger partial charge in [-0.3, -0.25) is 10.1 Å². The van der Waals surface area contributed by atoms with E-state index >= 15 is 0 Å². The molecule has 3 rings (SSSR count). The van der Waals surface area contributed by atoms with Gasteiger partial charge in [-0.05, 0) is 36.8 Å². The molecule has 0 aliphatic heterocycles. The van der Waals surface area contributed by atoms with E-state index in [1.807, 2.05) is 37.3 Å². The number of rotatable bonds is 5. The summed E-state index contributed by atoms with van der Waals surface area (Å²) in [5.41, 5.74) is 2.38. The molecular weight excluding hydrogens is 328 g/mol. The second kappa shape index (κ2) is 7.19. The van der Waals surface area contributed by atoms with E-state index in [0.29, 0.717) is 22.4 Å². The third kappa shape index (κ3) is 3.75. The van der Waals surface area contributed by atoms with Crippen molar-refractivity contribution in [1.82, 2.24) is 5.16 Å². The van der Waals surface area contributed by atoms with E-state index in [9.17, 15) is 4.79 Å². The van der Waals surface area contributed by atoms with Gasteiger partial charge in [-0.1, -0.05) is 47.1 Å². The molecule has 0 saturated carbocycles. The summed E-state index contributed by atoms with van der Waals surface area (Å²) >= 11 is 5.81. The van der Waals surface area contributed by atoms with E-state index in [2.05, 4.69) is 10.5 Å². The molecule has 1 aromatic heterocycles. The van der Waals surface area contributed by atoms with Crippen LogP contribution in [0.2, 0.25) is 5.02 Å². The number of anilines is 1. The molecule has 2 aromatic carbocycles. The number of aryl methyl sites for hydroxylation is 1. The van der Waals surface area contributed by atoms with Gasteiger partial charge in [0.25, 0.3) is 5.91 Å². The lowest BCUT2D eigenvalue weighted by molar-refractivity contribution is -0.118. The summed E-state index contributed by atoms with van der Waals surface area (Å²) in [7, 11) is 0. The van der Waals surface area contributed by atoms with Crippen LogP contribution in [0.15, 0.2) is 59.1 Å². The minimum Gasteiger partial charge on any atom is -0.484 e.